The van der Waals surface area contributed by atoms with Crippen LogP contribution in [0.5, 0.6) is 0 Å². The zero-order valence-electron chi connectivity index (χ0n) is 11.8. The molecule has 3 rings (SSSR count). The Hall–Kier alpha value is -1.94. The molecule has 0 bridgehead atoms. The minimum atomic E-state index is -0.243. The Balaban J connectivity index is 2.16. The second-order valence-electron chi connectivity index (χ2n) is 5.11. The molecule has 2 heterocycles. The molecule has 2 aromatic heterocycles. The Kier molecular flexibility index (Phi) is 3.64. The average Bonchev–Trinajstić information content (AvgIpc) is 2.84. The molecule has 0 amide bonds. The maximum Gasteiger partial charge on any atom is 0.160 e. The Labute approximate surface area is 127 Å². The van der Waals surface area contributed by atoms with Crippen LogP contribution in [0.3, 0.4) is 0 Å². The van der Waals surface area contributed by atoms with Crippen LogP contribution in [0.2, 0.25) is 0 Å². The molecule has 0 saturated heterocycles. The molecule has 0 radical (unpaired) electrons. The van der Waals surface area contributed by atoms with Crippen molar-refractivity contribution in [2.75, 3.05) is 0 Å². The molecule has 0 fully saturated rings. The number of fused-ring (bicyclic) bond motifs is 1. The normalized spacial score (nSPS) is 12.8. The summed E-state index contributed by atoms with van der Waals surface area (Å²) in [5, 5.41) is 0. The first-order chi connectivity index (χ1) is 10.1. The minimum absolute atomic E-state index is 0.0143. The fraction of sp³-hybridized carbons (Fsp3) is 0.250. The summed E-state index contributed by atoms with van der Waals surface area (Å²) < 4.78 is 15.1. The molecule has 1 atom stereocenters. The van der Waals surface area contributed by atoms with Crippen LogP contribution in [0.15, 0.2) is 36.5 Å². The predicted molar refractivity (Wildman–Crippen MR) is 82.0 cm³/mol. The molecule has 1 aromatic carbocycles. The van der Waals surface area contributed by atoms with Crippen LogP contribution < -0.4 is 0 Å². The fourth-order valence-electron chi connectivity index (χ4n) is 2.52. The summed E-state index contributed by atoms with van der Waals surface area (Å²) in [5.74, 6) is 0.829. The van der Waals surface area contributed by atoms with E-state index in [2.05, 4.69) is 9.97 Å². The quantitative estimate of drug-likeness (QED) is 0.678. The van der Waals surface area contributed by atoms with Gasteiger partial charge in [-0.1, -0.05) is 12.1 Å². The van der Waals surface area contributed by atoms with Gasteiger partial charge in [-0.15, -0.1) is 11.6 Å². The van der Waals surface area contributed by atoms with E-state index in [0.29, 0.717) is 5.88 Å². The Morgan fingerprint density at radius 3 is 2.67 bits per heavy atom. The summed E-state index contributed by atoms with van der Waals surface area (Å²) >= 11 is 6.03. The molecule has 0 aliphatic rings. The molecule has 3 nitrogen and oxygen atoms in total. The topological polar surface area (TPSA) is 30.7 Å². The number of hydrogen-bond acceptors (Lipinski definition) is 2. The van der Waals surface area contributed by atoms with E-state index in [1.807, 2.05) is 30.7 Å². The average molecular weight is 304 g/mol. The highest BCUT2D eigenvalue weighted by atomic mass is 35.5. The monoisotopic (exact) mass is 303 g/mol. The van der Waals surface area contributed by atoms with Crippen LogP contribution in [-0.4, -0.2) is 14.5 Å². The van der Waals surface area contributed by atoms with E-state index in [1.165, 1.54) is 12.1 Å². The number of imidazole rings is 1. The second kappa shape index (κ2) is 5.45. The fourth-order valence-corrected chi connectivity index (χ4v) is 2.71. The van der Waals surface area contributed by atoms with Gasteiger partial charge in [-0.05, 0) is 43.2 Å². The molecule has 21 heavy (non-hydrogen) atoms. The van der Waals surface area contributed by atoms with Gasteiger partial charge in [0.1, 0.15) is 17.2 Å². The number of alkyl halides is 1. The van der Waals surface area contributed by atoms with E-state index < -0.39 is 0 Å². The van der Waals surface area contributed by atoms with Gasteiger partial charge in [0.05, 0.1) is 11.9 Å². The highest BCUT2D eigenvalue weighted by molar-refractivity contribution is 6.16. The van der Waals surface area contributed by atoms with E-state index in [9.17, 15) is 4.39 Å². The number of rotatable bonds is 3. The molecule has 1 unspecified atom stereocenters. The van der Waals surface area contributed by atoms with Crippen molar-refractivity contribution in [1.29, 1.82) is 0 Å². The van der Waals surface area contributed by atoms with Gasteiger partial charge in [-0.3, -0.25) is 0 Å². The summed E-state index contributed by atoms with van der Waals surface area (Å²) in [4.78, 5) is 9.03. The van der Waals surface area contributed by atoms with Gasteiger partial charge in [-0.2, -0.15) is 0 Å². The maximum absolute atomic E-state index is 13.1. The largest absolute Gasteiger partial charge is 0.304 e. The first-order valence-corrected chi connectivity index (χ1v) is 7.28. The van der Waals surface area contributed by atoms with Gasteiger partial charge in [0.15, 0.2) is 5.65 Å². The molecule has 108 valence electrons. The van der Waals surface area contributed by atoms with Crippen LogP contribution in [0.1, 0.15) is 29.9 Å². The third kappa shape index (κ3) is 2.51. The highest BCUT2D eigenvalue weighted by Gasteiger charge is 2.17. The molecule has 0 aliphatic carbocycles. The first-order valence-electron chi connectivity index (χ1n) is 6.75. The van der Waals surface area contributed by atoms with Gasteiger partial charge in [0.25, 0.3) is 0 Å². The van der Waals surface area contributed by atoms with Crippen molar-refractivity contribution < 1.29 is 4.39 Å². The lowest BCUT2D eigenvalue weighted by Gasteiger charge is -2.17. The molecule has 0 N–H and O–H groups in total. The van der Waals surface area contributed by atoms with Crippen molar-refractivity contribution in [3.63, 3.8) is 0 Å². The number of halogens is 2. The third-order valence-corrected chi connectivity index (χ3v) is 3.84. The van der Waals surface area contributed by atoms with Crippen molar-refractivity contribution in [3.8, 4) is 0 Å². The van der Waals surface area contributed by atoms with Crippen molar-refractivity contribution >= 4 is 22.8 Å². The van der Waals surface area contributed by atoms with E-state index in [1.54, 1.807) is 12.1 Å². The van der Waals surface area contributed by atoms with E-state index in [4.69, 9.17) is 11.6 Å². The zero-order chi connectivity index (χ0) is 15.0. The maximum atomic E-state index is 13.1. The third-order valence-electron chi connectivity index (χ3n) is 3.60. The number of aromatic nitrogens is 3. The second-order valence-corrected chi connectivity index (χ2v) is 5.38. The number of nitrogens with zero attached hydrogens (tertiary/aromatic N) is 3. The lowest BCUT2D eigenvalue weighted by molar-refractivity contribution is 0.612. The number of hydrogen-bond donors (Lipinski definition) is 0. The van der Waals surface area contributed by atoms with Gasteiger partial charge in [0, 0.05) is 6.20 Å². The van der Waals surface area contributed by atoms with E-state index >= 15 is 0 Å². The summed E-state index contributed by atoms with van der Waals surface area (Å²) in [6.45, 7) is 4.02. The minimum Gasteiger partial charge on any atom is -0.304 e. The molecular weight excluding hydrogens is 289 g/mol. The van der Waals surface area contributed by atoms with Crippen LogP contribution in [-0.2, 0) is 5.88 Å². The van der Waals surface area contributed by atoms with Crippen LogP contribution >= 0.6 is 11.6 Å². The Morgan fingerprint density at radius 1 is 1.29 bits per heavy atom. The molecular formula is C16H15ClFN3. The lowest BCUT2D eigenvalue weighted by Crippen LogP contribution is -2.10. The summed E-state index contributed by atoms with van der Waals surface area (Å²) in [6, 6.07) is 8.45. The van der Waals surface area contributed by atoms with Gasteiger partial charge < -0.3 is 4.57 Å². The van der Waals surface area contributed by atoms with Gasteiger partial charge >= 0.3 is 0 Å². The number of benzene rings is 1. The van der Waals surface area contributed by atoms with Crippen LogP contribution in [0, 0.1) is 12.7 Å². The standard InChI is InChI=1S/C16H15ClFN3/c1-10-7-14-16(19-9-10)21(15(8-17)20-14)11(2)12-3-5-13(18)6-4-12/h3-7,9,11H,8H2,1-2H3. The summed E-state index contributed by atoms with van der Waals surface area (Å²) in [7, 11) is 0. The van der Waals surface area contributed by atoms with E-state index in [-0.39, 0.29) is 11.9 Å². The summed E-state index contributed by atoms with van der Waals surface area (Å²) in [6.07, 6.45) is 1.82. The first kappa shape index (κ1) is 14.0. The Bertz CT molecular complexity index is 780. The number of pyridine rings is 1. The molecule has 0 spiro atoms. The zero-order valence-corrected chi connectivity index (χ0v) is 12.6. The number of aryl methyl sites for hydroxylation is 1. The molecule has 0 saturated carbocycles. The lowest BCUT2D eigenvalue weighted by atomic mass is 10.1. The van der Waals surface area contributed by atoms with Crippen LogP contribution in [0.25, 0.3) is 11.2 Å². The van der Waals surface area contributed by atoms with Crippen molar-refractivity contribution in [2.24, 2.45) is 0 Å². The van der Waals surface area contributed by atoms with E-state index in [0.717, 1.165) is 28.1 Å². The van der Waals surface area contributed by atoms with Crippen molar-refractivity contribution in [1.82, 2.24) is 14.5 Å². The van der Waals surface area contributed by atoms with Crippen molar-refractivity contribution in [2.45, 2.75) is 25.8 Å². The van der Waals surface area contributed by atoms with Gasteiger partial charge in [0.2, 0.25) is 0 Å². The molecule has 3 aromatic rings. The predicted octanol–water partition coefficient (Wildman–Crippen LogP) is 4.23. The highest BCUT2D eigenvalue weighted by Crippen LogP contribution is 2.26. The van der Waals surface area contributed by atoms with Crippen LogP contribution in [0.4, 0.5) is 4.39 Å². The summed E-state index contributed by atoms with van der Waals surface area (Å²) in [5.41, 5.74) is 3.68. The Morgan fingerprint density at radius 2 is 2.00 bits per heavy atom. The van der Waals surface area contributed by atoms with Crippen molar-refractivity contribution in [3.05, 3.63) is 59.3 Å². The molecule has 0 aliphatic heterocycles. The molecule has 5 heteroatoms. The SMILES string of the molecule is Cc1cnc2c(c1)nc(CCl)n2C(C)c1ccc(F)cc1. The van der Waals surface area contributed by atoms with Gasteiger partial charge in [-0.25, -0.2) is 14.4 Å². The smallest absolute Gasteiger partial charge is 0.160 e.